The Hall–Kier alpha value is -2.24. The molecule has 1 aliphatic heterocycles. The smallest absolute Gasteiger partial charge is 0.387 e. The molecule has 1 heterocycles. The molecule has 2 aliphatic carbocycles. The van der Waals surface area contributed by atoms with Gasteiger partial charge >= 0.3 is 6.61 Å². The molecule has 2 amide bonds. The Morgan fingerprint density at radius 3 is 2.05 bits per heavy atom. The molecule has 4 nitrogen and oxygen atoms in total. The number of amides is 2. The van der Waals surface area contributed by atoms with E-state index in [-0.39, 0.29) is 41.2 Å². The molecule has 0 radical (unpaired) electrons. The first-order chi connectivity index (χ1) is 10.6. The second-order valence-electron chi connectivity index (χ2n) is 5.88. The van der Waals surface area contributed by atoms with Gasteiger partial charge in [-0.1, -0.05) is 12.2 Å². The number of allylic oxidation sites excluding steroid dienone is 2. The monoisotopic (exact) mass is 305 g/mol. The number of halogens is 2. The lowest BCUT2D eigenvalue weighted by Gasteiger charge is -2.17. The van der Waals surface area contributed by atoms with E-state index >= 15 is 0 Å². The van der Waals surface area contributed by atoms with Crippen molar-refractivity contribution in [3.05, 3.63) is 36.4 Å². The Bertz CT molecular complexity index is 640. The fraction of sp³-hybridized carbons (Fsp3) is 0.375. The van der Waals surface area contributed by atoms with Gasteiger partial charge < -0.3 is 4.74 Å². The molecule has 0 unspecified atom stereocenters. The number of nitrogens with zero attached hydrogens (tertiary/aromatic N) is 1. The summed E-state index contributed by atoms with van der Waals surface area (Å²) < 4.78 is 28.6. The van der Waals surface area contributed by atoms with Gasteiger partial charge in [0.25, 0.3) is 0 Å². The van der Waals surface area contributed by atoms with Crippen LogP contribution in [0.25, 0.3) is 0 Å². The van der Waals surface area contributed by atoms with E-state index in [1.165, 1.54) is 29.2 Å². The average molecular weight is 305 g/mol. The van der Waals surface area contributed by atoms with Crippen LogP contribution in [0, 0.1) is 23.7 Å². The molecule has 1 aromatic carbocycles. The number of hydrogen-bond donors (Lipinski definition) is 0. The minimum atomic E-state index is -2.90. The summed E-state index contributed by atoms with van der Waals surface area (Å²) in [5, 5.41) is 0. The van der Waals surface area contributed by atoms with E-state index in [9.17, 15) is 18.4 Å². The second-order valence-corrected chi connectivity index (χ2v) is 5.88. The van der Waals surface area contributed by atoms with E-state index in [0.717, 1.165) is 6.42 Å². The standard InChI is InChI=1S/C16H13F2NO3/c17-16(18)22-11-5-3-10(4-6-11)19-14(20)12-8-1-2-9(7-8)13(12)15(19)21/h1-6,8-9,12-13,16H,7H2/t8-,9-,12-,13-/m0/s1. The summed E-state index contributed by atoms with van der Waals surface area (Å²) in [5.41, 5.74) is 0.408. The summed E-state index contributed by atoms with van der Waals surface area (Å²) in [7, 11) is 0. The summed E-state index contributed by atoms with van der Waals surface area (Å²) in [6.45, 7) is -2.90. The van der Waals surface area contributed by atoms with E-state index in [4.69, 9.17) is 0 Å². The lowest BCUT2D eigenvalue weighted by atomic mass is 9.85. The average Bonchev–Trinajstić information content (AvgIpc) is 3.14. The molecule has 1 aromatic rings. The molecule has 2 bridgehead atoms. The SMILES string of the molecule is O=C1[C@@H]2[C@@H](C(=O)N1c1ccc(OC(F)F)cc1)[C@H]1C=C[C@H]2C1. The van der Waals surface area contributed by atoms with Crippen LogP contribution in [0.1, 0.15) is 6.42 Å². The third-order valence-electron chi connectivity index (χ3n) is 4.79. The van der Waals surface area contributed by atoms with E-state index in [2.05, 4.69) is 4.74 Å². The zero-order valence-corrected chi connectivity index (χ0v) is 11.5. The number of benzene rings is 1. The number of ether oxygens (including phenoxy) is 1. The van der Waals surface area contributed by atoms with Gasteiger partial charge in [0, 0.05) is 0 Å². The van der Waals surface area contributed by atoms with Gasteiger partial charge in [-0.15, -0.1) is 0 Å². The van der Waals surface area contributed by atoms with Crippen LogP contribution in [0.5, 0.6) is 5.75 Å². The van der Waals surface area contributed by atoms with E-state index < -0.39 is 6.61 Å². The quantitative estimate of drug-likeness (QED) is 0.637. The van der Waals surface area contributed by atoms with Crippen molar-refractivity contribution in [3.8, 4) is 5.75 Å². The zero-order valence-electron chi connectivity index (χ0n) is 11.5. The van der Waals surface area contributed by atoms with E-state index in [0.29, 0.717) is 5.69 Å². The maximum Gasteiger partial charge on any atom is 0.387 e. The first-order valence-electron chi connectivity index (χ1n) is 7.17. The van der Waals surface area contributed by atoms with Crippen LogP contribution in [0.15, 0.2) is 36.4 Å². The molecule has 6 heteroatoms. The molecule has 0 aromatic heterocycles. The summed E-state index contributed by atoms with van der Waals surface area (Å²) >= 11 is 0. The number of carbonyl (C=O) groups excluding carboxylic acids is 2. The molecule has 114 valence electrons. The van der Waals surface area contributed by atoms with Gasteiger partial charge in [0.05, 0.1) is 17.5 Å². The van der Waals surface area contributed by atoms with E-state index in [1.54, 1.807) is 0 Å². The maximum atomic E-state index is 12.6. The highest BCUT2D eigenvalue weighted by Gasteiger charge is 2.59. The Labute approximate surface area is 125 Å². The van der Waals surface area contributed by atoms with Gasteiger partial charge in [-0.2, -0.15) is 8.78 Å². The Balaban J connectivity index is 1.61. The highest BCUT2D eigenvalue weighted by molar-refractivity contribution is 6.22. The number of rotatable bonds is 3. The normalized spacial score (nSPS) is 32.2. The fourth-order valence-corrected chi connectivity index (χ4v) is 3.93. The molecule has 4 atom stereocenters. The zero-order chi connectivity index (χ0) is 15.4. The largest absolute Gasteiger partial charge is 0.435 e. The van der Waals surface area contributed by atoms with Crippen LogP contribution in [-0.2, 0) is 9.59 Å². The first kappa shape index (κ1) is 13.4. The molecule has 0 spiro atoms. The van der Waals surface area contributed by atoms with Crippen molar-refractivity contribution in [1.82, 2.24) is 0 Å². The summed E-state index contributed by atoms with van der Waals surface area (Å²) in [6.07, 6.45) is 4.93. The van der Waals surface area contributed by atoms with Gasteiger partial charge in [-0.25, -0.2) is 0 Å². The van der Waals surface area contributed by atoms with Crippen molar-refractivity contribution in [3.63, 3.8) is 0 Å². The van der Waals surface area contributed by atoms with Crippen LogP contribution < -0.4 is 9.64 Å². The lowest BCUT2D eigenvalue weighted by Crippen LogP contribution is -2.32. The highest BCUT2D eigenvalue weighted by atomic mass is 19.3. The van der Waals surface area contributed by atoms with Crippen LogP contribution in [0.3, 0.4) is 0 Å². The molecule has 3 aliphatic rings. The maximum absolute atomic E-state index is 12.6. The van der Waals surface area contributed by atoms with Crippen molar-refractivity contribution >= 4 is 17.5 Å². The van der Waals surface area contributed by atoms with Crippen molar-refractivity contribution in [2.24, 2.45) is 23.7 Å². The van der Waals surface area contributed by atoms with Crippen LogP contribution in [-0.4, -0.2) is 18.4 Å². The van der Waals surface area contributed by atoms with Crippen LogP contribution >= 0.6 is 0 Å². The third-order valence-corrected chi connectivity index (χ3v) is 4.79. The number of alkyl halides is 2. The molecule has 0 N–H and O–H groups in total. The van der Waals surface area contributed by atoms with Crippen molar-refractivity contribution in [2.75, 3.05) is 4.90 Å². The molecule has 2 fully saturated rings. The molecular weight excluding hydrogens is 292 g/mol. The molecule has 1 saturated carbocycles. The first-order valence-corrected chi connectivity index (χ1v) is 7.17. The van der Waals surface area contributed by atoms with Crippen LogP contribution in [0.4, 0.5) is 14.5 Å². The third kappa shape index (κ3) is 1.79. The molecule has 1 saturated heterocycles. The van der Waals surface area contributed by atoms with Gasteiger partial charge in [0.1, 0.15) is 5.75 Å². The number of carbonyl (C=O) groups is 2. The summed E-state index contributed by atoms with van der Waals surface area (Å²) in [6, 6.07) is 5.60. The minimum Gasteiger partial charge on any atom is -0.435 e. The van der Waals surface area contributed by atoms with Crippen molar-refractivity contribution in [2.45, 2.75) is 13.0 Å². The van der Waals surface area contributed by atoms with Crippen molar-refractivity contribution < 1.29 is 23.1 Å². The minimum absolute atomic E-state index is 0.000208. The number of imide groups is 1. The Kier molecular flexibility index (Phi) is 2.82. The van der Waals surface area contributed by atoms with Gasteiger partial charge in [0.15, 0.2) is 0 Å². The Morgan fingerprint density at radius 2 is 1.55 bits per heavy atom. The van der Waals surface area contributed by atoms with Gasteiger partial charge in [0.2, 0.25) is 11.8 Å². The number of fused-ring (bicyclic) bond motifs is 5. The topological polar surface area (TPSA) is 46.6 Å². The van der Waals surface area contributed by atoms with E-state index in [1.807, 2.05) is 12.2 Å². The van der Waals surface area contributed by atoms with Crippen molar-refractivity contribution in [1.29, 1.82) is 0 Å². The lowest BCUT2D eigenvalue weighted by molar-refractivity contribution is -0.123. The molecule has 4 rings (SSSR count). The predicted molar refractivity (Wildman–Crippen MR) is 73.3 cm³/mol. The number of anilines is 1. The number of hydrogen-bond acceptors (Lipinski definition) is 3. The Morgan fingerprint density at radius 1 is 1.00 bits per heavy atom. The van der Waals surface area contributed by atoms with Crippen LogP contribution in [0.2, 0.25) is 0 Å². The molecular formula is C16H13F2NO3. The predicted octanol–water partition coefficient (Wildman–Crippen LogP) is 2.60. The summed E-state index contributed by atoms with van der Waals surface area (Å²) in [4.78, 5) is 26.3. The van der Waals surface area contributed by atoms with Gasteiger partial charge in [-0.3, -0.25) is 14.5 Å². The summed E-state index contributed by atoms with van der Waals surface area (Å²) in [5.74, 6) is -0.599. The second kappa shape index (κ2) is 4.63. The fourth-order valence-electron chi connectivity index (χ4n) is 3.93. The van der Waals surface area contributed by atoms with Gasteiger partial charge in [-0.05, 0) is 42.5 Å². The highest BCUT2D eigenvalue weighted by Crippen LogP contribution is 2.53. The molecule has 22 heavy (non-hydrogen) atoms.